The molecule has 1 aromatic rings. The van der Waals surface area contributed by atoms with Crippen LogP contribution in [0.15, 0.2) is 17.1 Å². The average molecular weight is 445 g/mol. The lowest BCUT2D eigenvalue weighted by Crippen LogP contribution is -2.52. The zero-order valence-electron chi connectivity index (χ0n) is 22.8. The molecule has 1 fully saturated rings. The third-order valence-electron chi connectivity index (χ3n) is 7.63. The molecule has 2 atom stereocenters. The van der Waals surface area contributed by atoms with Crippen LogP contribution < -0.4 is 5.56 Å². The molecule has 32 heavy (non-hydrogen) atoms. The van der Waals surface area contributed by atoms with Gasteiger partial charge in [0, 0.05) is 37.8 Å². The van der Waals surface area contributed by atoms with E-state index in [0.717, 1.165) is 30.5 Å². The van der Waals surface area contributed by atoms with E-state index < -0.39 is 0 Å². The second kappa shape index (κ2) is 8.65. The van der Waals surface area contributed by atoms with Gasteiger partial charge in [-0.15, -0.1) is 0 Å². The first-order valence-corrected chi connectivity index (χ1v) is 12.3. The number of carbonyl (C=O) groups excluding carboxylic acids is 1. The van der Waals surface area contributed by atoms with Crippen molar-refractivity contribution in [3.63, 3.8) is 0 Å². The first-order valence-electron chi connectivity index (χ1n) is 12.3. The van der Waals surface area contributed by atoms with Gasteiger partial charge in [0.25, 0.3) is 5.56 Å². The summed E-state index contributed by atoms with van der Waals surface area (Å²) >= 11 is 0. The molecule has 2 rings (SSSR count). The third kappa shape index (κ3) is 5.85. The van der Waals surface area contributed by atoms with Gasteiger partial charge in [-0.2, -0.15) is 0 Å². The van der Waals surface area contributed by atoms with Crippen molar-refractivity contribution in [1.29, 1.82) is 0 Å². The summed E-state index contributed by atoms with van der Waals surface area (Å²) in [5, 5.41) is 0. The third-order valence-corrected chi connectivity index (χ3v) is 7.63. The molecule has 0 spiro atoms. The first kappa shape index (κ1) is 26.7. The monoisotopic (exact) mass is 444 g/mol. The summed E-state index contributed by atoms with van der Waals surface area (Å²) in [6, 6.07) is 2.09. The fourth-order valence-corrected chi connectivity index (χ4v) is 4.75. The molecule has 0 aliphatic carbocycles. The van der Waals surface area contributed by atoms with Crippen molar-refractivity contribution < 1.29 is 4.79 Å². The molecule has 1 aliphatic rings. The van der Waals surface area contributed by atoms with Gasteiger partial charge in [-0.25, -0.2) is 0 Å². The Morgan fingerprint density at radius 2 is 1.47 bits per heavy atom. The van der Waals surface area contributed by atoms with Crippen molar-refractivity contribution >= 4 is 5.91 Å². The Hall–Kier alpha value is -1.58. The molecular weight excluding hydrogens is 396 g/mol. The Labute approximate surface area is 196 Å². The highest BCUT2D eigenvalue weighted by molar-refractivity contribution is 5.80. The number of amides is 1. The molecule has 0 radical (unpaired) electrons. The second-order valence-electron chi connectivity index (χ2n) is 13.9. The van der Waals surface area contributed by atoms with E-state index in [1.165, 1.54) is 0 Å². The van der Waals surface area contributed by atoms with Gasteiger partial charge >= 0.3 is 0 Å². The van der Waals surface area contributed by atoms with E-state index in [-0.39, 0.29) is 39.0 Å². The van der Waals surface area contributed by atoms with Crippen LogP contribution in [0.5, 0.6) is 0 Å². The fourth-order valence-electron chi connectivity index (χ4n) is 4.75. The van der Waals surface area contributed by atoms with Crippen molar-refractivity contribution in [2.75, 3.05) is 13.1 Å². The average Bonchev–Trinajstić information content (AvgIpc) is 2.59. The molecule has 0 bridgehead atoms. The van der Waals surface area contributed by atoms with E-state index in [2.05, 4.69) is 87.1 Å². The zero-order valence-corrected chi connectivity index (χ0v) is 22.8. The smallest absolute Gasteiger partial charge is 0.254 e. The zero-order chi connectivity index (χ0) is 24.9. The van der Waals surface area contributed by atoms with Gasteiger partial charge in [-0.1, -0.05) is 76.2 Å². The molecule has 2 heterocycles. The van der Waals surface area contributed by atoms with Crippen molar-refractivity contribution in [3.8, 4) is 0 Å². The van der Waals surface area contributed by atoms with Crippen molar-refractivity contribution in [3.05, 3.63) is 33.7 Å². The molecule has 0 N–H and O–H groups in total. The maximum atomic E-state index is 13.5. The van der Waals surface area contributed by atoms with Crippen LogP contribution in [-0.2, 0) is 22.7 Å². The first-order chi connectivity index (χ1) is 14.2. The van der Waals surface area contributed by atoms with Gasteiger partial charge in [0.05, 0.1) is 0 Å². The topological polar surface area (TPSA) is 42.3 Å². The molecule has 4 nitrogen and oxygen atoms in total. The van der Waals surface area contributed by atoms with E-state index in [1.54, 1.807) is 4.57 Å². The van der Waals surface area contributed by atoms with Gasteiger partial charge in [-0.05, 0) is 52.0 Å². The molecule has 1 saturated heterocycles. The number of piperidine rings is 1. The quantitative estimate of drug-likeness (QED) is 0.579. The Balaban J connectivity index is 2.34. The number of aryl methyl sites for hydroxylation is 1. The van der Waals surface area contributed by atoms with E-state index >= 15 is 0 Å². The molecule has 0 saturated carbocycles. The largest absolute Gasteiger partial charge is 0.342 e. The molecule has 0 aromatic carbocycles. The number of aromatic nitrogens is 1. The lowest BCUT2D eigenvalue weighted by Gasteiger charge is -2.47. The van der Waals surface area contributed by atoms with Crippen LogP contribution >= 0.6 is 0 Å². The molecule has 182 valence electrons. The van der Waals surface area contributed by atoms with Gasteiger partial charge < -0.3 is 9.47 Å². The Kier molecular flexibility index (Phi) is 7.21. The summed E-state index contributed by atoms with van der Waals surface area (Å²) in [6.07, 6.45) is 3.69. The highest BCUT2D eigenvalue weighted by Gasteiger charge is 2.44. The Morgan fingerprint density at radius 3 is 1.94 bits per heavy atom. The fraction of sp³-hybridized carbons (Fsp3) is 0.786. The van der Waals surface area contributed by atoms with Crippen LogP contribution in [0.2, 0.25) is 0 Å². The number of pyridine rings is 1. The molecular formula is C28H48N2O2. The summed E-state index contributed by atoms with van der Waals surface area (Å²) in [6.45, 7) is 25.7. The normalized spacial score (nSPS) is 21.2. The summed E-state index contributed by atoms with van der Waals surface area (Å²) < 4.78 is 1.72. The van der Waals surface area contributed by atoms with Crippen molar-refractivity contribution in [2.24, 2.45) is 29.7 Å². The van der Waals surface area contributed by atoms with Crippen LogP contribution in [0.4, 0.5) is 0 Å². The van der Waals surface area contributed by atoms with E-state index in [4.69, 9.17) is 0 Å². The lowest BCUT2D eigenvalue weighted by atomic mass is 9.66. The molecule has 1 aliphatic heterocycles. The summed E-state index contributed by atoms with van der Waals surface area (Å²) in [5.41, 5.74) is 1.84. The van der Waals surface area contributed by atoms with E-state index in [1.807, 2.05) is 13.2 Å². The van der Waals surface area contributed by atoms with Crippen LogP contribution in [0, 0.1) is 22.7 Å². The highest BCUT2D eigenvalue weighted by atomic mass is 16.2. The summed E-state index contributed by atoms with van der Waals surface area (Å²) in [4.78, 5) is 28.6. The Bertz CT molecular complexity index is 888. The maximum absolute atomic E-state index is 13.5. The minimum Gasteiger partial charge on any atom is -0.342 e. The number of hydrogen-bond donors (Lipinski definition) is 0. The van der Waals surface area contributed by atoms with Crippen LogP contribution in [0.3, 0.4) is 0 Å². The van der Waals surface area contributed by atoms with E-state index in [9.17, 15) is 9.59 Å². The second-order valence-corrected chi connectivity index (χ2v) is 13.9. The van der Waals surface area contributed by atoms with Gasteiger partial charge in [0.1, 0.15) is 0 Å². The predicted molar refractivity (Wildman–Crippen MR) is 135 cm³/mol. The number of rotatable bonds is 4. The molecule has 4 heteroatoms. The summed E-state index contributed by atoms with van der Waals surface area (Å²) in [7, 11) is 1.84. The SMILES string of the molecule is Cn1cc(C(C)(C)C)cc(C(C)(C)CCN2CC(C(C)(C)C)CC(C(C)(C)C)C2=O)c1=O. The molecule has 2 unspecified atom stereocenters. The van der Waals surface area contributed by atoms with Crippen LogP contribution in [0.25, 0.3) is 0 Å². The molecule has 1 amide bonds. The van der Waals surface area contributed by atoms with Gasteiger partial charge in [-0.3, -0.25) is 9.59 Å². The molecule has 1 aromatic heterocycles. The number of likely N-dealkylation sites (tertiary alicyclic amines) is 1. The summed E-state index contributed by atoms with van der Waals surface area (Å²) in [5.74, 6) is 0.801. The van der Waals surface area contributed by atoms with Crippen LogP contribution in [0.1, 0.15) is 100 Å². The number of nitrogens with zero attached hydrogens (tertiary/aromatic N) is 2. The maximum Gasteiger partial charge on any atom is 0.254 e. The van der Waals surface area contributed by atoms with Gasteiger partial charge in [0.15, 0.2) is 0 Å². The minimum atomic E-state index is -0.317. The highest BCUT2D eigenvalue weighted by Crippen LogP contribution is 2.43. The van der Waals surface area contributed by atoms with Crippen molar-refractivity contribution in [2.45, 2.75) is 99.8 Å². The Morgan fingerprint density at radius 1 is 0.906 bits per heavy atom. The minimum absolute atomic E-state index is 0.0288. The number of carbonyl (C=O) groups is 1. The van der Waals surface area contributed by atoms with Crippen molar-refractivity contribution in [1.82, 2.24) is 9.47 Å². The standard InChI is InChI=1S/C28H48N2O2/c1-25(2,3)19-16-22(23(31)29(12)17-19)28(10,11)13-14-30-18-20(26(4,5)6)15-21(24(30)32)27(7,8)9/h16-17,20-21H,13-15,18H2,1-12H3. The number of hydrogen-bond acceptors (Lipinski definition) is 2. The lowest BCUT2D eigenvalue weighted by molar-refractivity contribution is -0.147. The predicted octanol–water partition coefficient (Wildman–Crippen LogP) is 5.91. The van der Waals surface area contributed by atoms with Crippen LogP contribution in [-0.4, -0.2) is 28.5 Å². The van der Waals surface area contributed by atoms with E-state index in [0.29, 0.717) is 12.5 Å². The van der Waals surface area contributed by atoms with Gasteiger partial charge in [0.2, 0.25) is 5.91 Å².